The van der Waals surface area contributed by atoms with E-state index in [2.05, 4.69) is 5.32 Å². The van der Waals surface area contributed by atoms with E-state index in [1.54, 1.807) is 18.2 Å². The van der Waals surface area contributed by atoms with Crippen LogP contribution in [0.5, 0.6) is 5.75 Å². The van der Waals surface area contributed by atoms with Crippen LogP contribution in [0.4, 0.5) is 0 Å². The van der Waals surface area contributed by atoms with Gasteiger partial charge in [0.25, 0.3) is 0 Å². The molecule has 1 unspecified atom stereocenters. The molecule has 0 bridgehead atoms. The summed E-state index contributed by atoms with van der Waals surface area (Å²) in [5.41, 5.74) is 0.373. The van der Waals surface area contributed by atoms with Gasteiger partial charge in [-0.1, -0.05) is 17.7 Å². The maximum absolute atomic E-state index is 8.98. The predicted octanol–water partition coefficient (Wildman–Crippen LogP) is 1.58. The minimum Gasteiger partial charge on any atom is -0.489 e. The molecule has 5 heteroatoms. The van der Waals surface area contributed by atoms with Crippen LogP contribution in [-0.2, 0) is 4.74 Å². The third-order valence-corrected chi connectivity index (χ3v) is 2.83. The average molecular weight is 253 g/mol. The highest BCUT2D eigenvalue weighted by Crippen LogP contribution is 2.25. The maximum atomic E-state index is 8.98. The fourth-order valence-corrected chi connectivity index (χ4v) is 1.85. The fraction of sp³-hybridized carbons (Fsp3) is 0.417. The highest BCUT2D eigenvalue weighted by molar-refractivity contribution is 6.31. The smallest absolute Gasteiger partial charge is 0.138 e. The lowest BCUT2D eigenvalue weighted by atomic mass is 10.2. The summed E-state index contributed by atoms with van der Waals surface area (Å²) in [7, 11) is 0. The Morgan fingerprint density at radius 3 is 3.18 bits per heavy atom. The van der Waals surface area contributed by atoms with Crippen LogP contribution in [0.25, 0.3) is 0 Å². The van der Waals surface area contributed by atoms with Crippen LogP contribution in [0, 0.1) is 11.3 Å². The van der Waals surface area contributed by atoms with Gasteiger partial charge in [0.1, 0.15) is 30.1 Å². The number of nitrogens with one attached hydrogen (secondary N) is 1. The van der Waals surface area contributed by atoms with E-state index in [1.165, 1.54) is 0 Å². The van der Waals surface area contributed by atoms with E-state index >= 15 is 0 Å². The highest BCUT2D eigenvalue weighted by atomic mass is 35.5. The number of ether oxygens (including phenoxy) is 2. The van der Waals surface area contributed by atoms with Crippen LogP contribution in [0.15, 0.2) is 18.2 Å². The molecule has 0 amide bonds. The number of morpholine rings is 1. The van der Waals surface area contributed by atoms with Crippen LogP contribution < -0.4 is 10.1 Å². The third-order valence-electron chi connectivity index (χ3n) is 2.52. The molecule has 2 rings (SSSR count). The lowest BCUT2D eigenvalue weighted by Crippen LogP contribution is -2.41. The van der Waals surface area contributed by atoms with Crippen LogP contribution in [0.3, 0.4) is 0 Å². The zero-order valence-electron chi connectivity index (χ0n) is 9.28. The first-order chi connectivity index (χ1) is 8.31. The summed E-state index contributed by atoms with van der Waals surface area (Å²) < 4.78 is 11.1. The van der Waals surface area contributed by atoms with Crippen LogP contribution in [0.2, 0.25) is 5.02 Å². The van der Waals surface area contributed by atoms with Gasteiger partial charge in [-0.2, -0.15) is 5.26 Å². The Morgan fingerprint density at radius 1 is 1.59 bits per heavy atom. The fourth-order valence-electron chi connectivity index (χ4n) is 1.64. The van der Waals surface area contributed by atoms with E-state index in [4.69, 9.17) is 26.3 Å². The molecule has 90 valence electrons. The minimum absolute atomic E-state index is 0.0225. The number of nitrogens with zero attached hydrogens (tertiary/aromatic N) is 1. The summed E-state index contributed by atoms with van der Waals surface area (Å²) in [4.78, 5) is 0. The van der Waals surface area contributed by atoms with Crippen molar-refractivity contribution in [1.29, 1.82) is 5.26 Å². The predicted molar refractivity (Wildman–Crippen MR) is 64.3 cm³/mol. The van der Waals surface area contributed by atoms with Crippen molar-refractivity contribution >= 4 is 11.6 Å². The van der Waals surface area contributed by atoms with E-state index in [-0.39, 0.29) is 6.10 Å². The average Bonchev–Trinajstić information content (AvgIpc) is 2.37. The van der Waals surface area contributed by atoms with Gasteiger partial charge in [-0.15, -0.1) is 0 Å². The molecule has 1 aliphatic heterocycles. The summed E-state index contributed by atoms with van der Waals surface area (Å²) in [6.45, 7) is 2.75. The Balaban J connectivity index is 1.99. The van der Waals surface area contributed by atoms with Crippen molar-refractivity contribution in [2.75, 3.05) is 26.3 Å². The minimum atomic E-state index is 0.0225. The van der Waals surface area contributed by atoms with Crippen molar-refractivity contribution < 1.29 is 9.47 Å². The lowest BCUT2D eigenvalue weighted by molar-refractivity contribution is 0.000142. The van der Waals surface area contributed by atoms with E-state index in [0.29, 0.717) is 29.5 Å². The van der Waals surface area contributed by atoms with Gasteiger partial charge >= 0.3 is 0 Å². The quantitative estimate of drug-likeness (QED) is 0.888. The normalized spacial score (nSPS) is 19.6. The van der Waals surface area contributed by atoms with Crippen molar-refractivity contribution in [3.63, 3.8) is 0 Å². The monoisotopic (exact) mass is 252 g/mol. The molecule has 1 saturated heterocycles. The molecule has 1 heterocycles. The molecule has 0 spiro atoms. The lowest BCUT2D eigenvalue weighted by Gasteiger charge is -2.23. The van der Waals surface area contributed by atoms with Crippen molar-refractivity contribution in [3.8, 4) is 11.8 Å². The molecular weight excluding hydrogens is 240 g/mol. The Kier molecular flexibility index (Phi) is 4.21. The number of hydrogen-bond acceptors (Lipinski definition) is 4. The summed E-state index contributed by atoms with van der Waals surface area (Å²) in [6.07, 6.45) is 0.0225. The van der Waals surface area contributed by atoms with E-state index in [9.17, 15) is 0 Å². The summed E-state index contributed by atoms with van der Waals surface area (Å²) >= 11 is 5.90. The van der Waals surface area contributed by atoms with Gasteiger partial charge in [-0.3, -0.25) is 0 Å². The first-order valence-corrected chi connectivity index (χ1v) is 5.83. The highest BCUT2D eigenvalue weighted by Gasteiger charge is 2.15. The topological polar surface area (TPSA) is 54.3 Å². The van der Waals surface area contributed by atoms with Gasteiger partial charge in [0.2, 0.25) is 0 Å². The molecule has 1 fully saturated rings. The SMILES string of the molecule is N#Cc1c(Cl)cccc1OCC1CNCCO1. The molecule has 1 aliphatic rings. The summed E-state index contributed by atoms with van der Waals surface area (Å²) in [5, 5.41) is 12.6. The molecule has 1 atom stereocenters. The van der Waals surface area contributed by atoms with Crippen molar-refractivity contribution in [2.45, 2.75) is 6.10 Å². The van der Waals surface area contributed by atoms with Gasteiger partial charge in [-0.25, -0.2) is 0 Å². The molecule has 1 aromatic carbocycles. The van der Waals surface area contributed by atoms with E-state index < -0.39 is 0 Å². The van der Waals surface area contributed by atoms with Crippen molar-refractivity contribution in [2.24, 2.45) is 0 Å². The zero-order valence-corrected chi connectivity index (χ0v) is 10.0. The van der Waals surface area contributed by atoms with E-state index in [0.717, 1.165) is 13.1 Å². The maximum Gasteiger partial charge on any atom is 0.138 e. The number of rotatable bonds is 3. The molecule has 1 N–H and O–H groups in total. The number of benzene rings is 1. The molecule has 4 nitrogen and oxygen atoms in total. The first kappa shape index (κ1) is 12.2. The number of hydrogen-bond donors (Lipinski definition) is 1. The van der Waals surface area contributed by atoms with Gasteiger partial charge in [-0.05, 0) is 12.1 Å². The Morgan fingerprint density at radius 2 is 2.47 bits per heavy atom. The van der Waals surface area contributed by atoms with Crippen molar-refractivity contribution in [1.82, 2.24) is 5.32 Å². The molecule has 0 radical (unpaired) electrons. The molecule has 1 aromatic rings. The van der Waals surface area contributed by atoms with Gasteiger partial charge in [0.05, 0.1) is 11.6 Å². The van der Waals surface area contributed by atoms with Crippen LogP contribution in [-0.4, -0.2) is 32.4 Å². The van der Waals surface area contributed by atoms with Gasteiger partial charge < -0.3 is 14.8 Å². The second-order valence-electron chi connectivity index (χ2n) is 3.73. The zero-order chi connectivity index (χ0) is 12.1. The largest absolute Gasteiger partial charge is 0.489 e. The summed E-state index contributed by atoms with van der Waals surface area (Å²) in [5.74, 6) is 0.508. The molecule has 0 aromatic heterocycles. The van der Waals surface area contributed by atoms with Crippen molar-refractivity contribution in [3.05, 3.63) is 28.8 Å². The first-order valence-electron chi connectivity index (χ1n) is 5.45. The van der Waals surface area contributed by atoms with Crippen LogP contribution >= 0.6 is 11.6 Å². The third kappa shape index (κ3) is 3.10. The molecule has 0 aliphatic carbocycles. The second kappa shape index (κ2) is 5.87. The Hall–Kier alpha value is -1.28. The standard InChI is InChI=1S/C12H13ClN2O2/c13-11-2-1-3-12(10(11)6-14)17-8-9-7-15-4-5-16-9/h1-3,9,15H,4-5,7-8H2. The van der Waals surface area contributed by atoms with E-state index in [1.807, 2.05) is 6.07 Å². The molecular formula is C12H13ClN2O2. The number of halogens is 1. The molecule has 17 heavy (non-hydrogen) atoms. The van der Waals surface area contributed by atoms with Crippen LogP contribution in [0.1, 0.15) is 5.56 Å². The summed E-state index contributed by atoms with van der Waals surface area (Å²) in [6, 6.07) is 7.21. The van der Waals surface area contributed by atoms with Gasteiger partial charge in [0, 0.05) is 13.1 Å². The molecule has 0 saturated carbocycles. The number of nitriles is 1. The Bertz CT molecular complexity index is 425. The van der Waals surface area contributed by atoms with Gasteiger partial charge in [0.15, 0.2) is 0 Å². The second-order valence-corrected chi connectivity index (χ2v) is 4.14. The Labute approximate surface area is 105 Å².